The number of H-pyrrole nitrogens is 4. The Morgan fingerprint density at radius 2 is 0.739 bits per heavy atom. The number of rotatable bonds is 25. The van der Waals surface area contributed by atoms with E-state index < -0.39 is 0 Å². The molecule has 0 aliphatic heterocycles. The van der Waals surface area contributed by atoms with Gasteiger partial charge in [0.05, 0.1) is 111 Å². The summed E-state index contributed by atoms with van der Waals surface area (Å²) in [5.41, 5.74) is 22.7. The van der Waals surface area contributed by atoms with Gasteiger partial charge in [0.15, 0.2) is 0 Å². The van der Waals surface area contributed by atoms with Crippen LogP contribution in [0.25, 0.3) is 71.6 Å². The Morgan fingerprint density at radius 1 is 0.366 bits per heavy atom. The van der Waals surface area contributed by atoms with E-state index in [4.69, 9.17) is 18.9 Å². The van der Waals surface area contributed by atoms with Gasteiger partial charge in [0.25, 0.3) is 45.9 Å². The molecule has 3 atom stereocenters. The molecule has 0 fully saturated rings. The van der Waals surface area contributed by atoms with Gasteiger partial charge in [-0.1, -0.05) is 117 Å². The molecule has 0 bridgehead atoms. The molecule has 16 aromatic rings. The Kier molecular flexibility index (Phi) is 29.6. The van der Waals surface area contributed by atoms with Crippen LogP contribution in [0.1, 0.15) is 204 Å². The second-order valence-corrected chi connectivity index (χ2v) is 34.1. The zero-order chi connectivity index (χ0) is 95.5. The number of fused-ring (bicyclic) bond motifs is 5. The maximum Gasteiger partial charge on any atom is 0.256 e. The number of pyridine rings is 6. The van der Waals surface area contributed by atoms with E-state index in [1.54, 1.807) is 70.6 Å². The van der Waals surface area contributed by atoms with Gasteiger partial charge in [-0.05, 0) is 227 Å². The normalized spacial score (nSPS) is 12.3. The number of hydrogen-bond acceptors (Lipinski definition) is 14. The van der Waals surface area contributed by atoms with E-state index in [0.29, 0.717) is 90.3 Å². The summed E-state index contributed by atoms with van der Waals surface area (Å²) in [6.07, 6.45) is 13.7. The summed E-state index contributed by atoms with van der Waals surface area (Å²) in [6.45, 7) is 26.1. The highest BCUT2D eigenvalue weighted by Crippen LogP contribution is 2.39. The molecule has 8 N–H and O–H groups in total. The van der Waals surface area contributed by atoms with Crippen LogP contribution in [0.5, 0.6) is 23.0 Å². The van der Waals surface area contributed by atoms with Crippen molar-refractivity contribution in [1.29, 1.82) is 0 Å². The number of para-hydroxylation sites is 2. The fourth-order valence-corrected chi connectivity index (χ4v) is 18.5. The molecule has 10 heterocycles. The summed E-state index contributed by atoms with van der Waals surface area (Å²) in [7, 11) is 6.07. The van der Waals surface area contributed by atoms with Crippen molar-refractivity contribution >= 4 is 67.2 Å². The van der Waals surface area contributed by atoms with Crippen molar-refractivity contribution < 1.29 is 38.1 Å². The molecular formula is C108H116N14O12. The third kappa shape index (κ3) is 19.8. The molecule has 6 aromatic carbocycles. The van der Waals surface area contributed by atoms with Gasteiger partial charge in [0.1, 0.15) is 23.0 Å². The van der Waals surface area contributed by atoms with E-state index in [1.165, 1.54) is 52.4 Å². The summed E-state index contributed by atoms with van der Waals surface area (Å²) < 4.78 is 30.2. The molecule has 26 nitrogen and oxygen atoms in total. The monoisotopic (exact) mass is 1800 g/mol. The zero-order valence-corrected chi connectivity index (χ0v) is 79.0. The lowest BCUT2D eigenvalue weighted by Crippen LogP contribution is -2.28. The van der Waals surface area contributed by atoms with Crippen LogP contribution in [-0.4, -0.2) is 100 Å². The van der Waals surface area contributed by atoms with Gasteiger partial charge in [0.2, 0.25) is 0 Å². The van der Waals surface area contributed by atoms with Crippen molar-refractivity contribution in [3.05, 3.63) is 355 Å². The zero-order valence-electron chi connectivity index (χ0n) is 79.0. The molecule has 134 heavy (non-hydrogen) atoms. The number of nitrogens with zero attached hydrogens (tertiary/aromatic N) is 6. The molecule has 4 amide bonds. The number of hydrogen-bond donors (Lipinski definition) is 8. The van der Waals surface area contributed by atoms with Gasteiger partial charge in [-0.3, -0.25) is 48.3 Å². The Hall–Kier alpha value is -15.3. The molecule has 0 saturated carbocycles. The van der Waals surface area contributed by atoms with E-state index >= 15 is 0 Å². The smallest absolute Gasteiger partial charge is 0.256 e. The maximum atomic E-state index is 13.4. The van der Waals surface area contributed by atoms with Crippen LogP contribution in [0.3, 0.4) is 0 Å². The van der Waals surface area contributed by atoms with Crippen LogP contribution in [-0.2, 0) is 39.0 Å². The summed E-state index contributed by atoms with van der Waals surface area (Å²) in [5, 5.41) is 15.3. The van der Waals surface area contributed by atoms with Crippen molar-refractivity contribution in [3.63, 3.8) is 0 Å². The molecule has 10 aromatic heterocycles. The van der Waals surface area contributed by atoms with Gasteiger partial charge in [0, 0.05) is 132 Å². The van der Waals surface area contributed by atoms with E-state index in [9.17, 15) is 38.4 Å². The fraction of sp³-hybridized carbons (Fsp3) is 0.278. The predicted octanol–water partition coefficient (Wildman–Crippen LogP) is 19.1. The Bertz CT molecular complexity index is 7120. The molecule has 3 unspecified atom stereocenters. The number of aromatic nitrogens is 10. The lowest BCUT2D eigenvalue weighted by molar-refractivity contribution is 0.0943. The molecule has 0 radical (unpaired) electrons. The largest absolute Gasteiger partial charge is 0.496 e. The highest BCUT2D eigenvalue weighted by molar-refractivity contribution is 6.12. The number of carbonyl (C=O) groups excluding carboxylic acids is 4. The number of aromatic amines is 4. The Balaban J connectivity index is 0.000000143. The first-order valence-corrected chi connectivity index (χ1v) is 45.3. The second kappa shape index (κ2) is 41.8. The summed E-state index contributed by atoms with van der Waals surface area (Å²) >= 11 is 0. The van der Waals surface area contributed by atoms with Gasteiger partial charge < -0.3 is 78.4 Å². The molecule has 0 saturated heterocycles. The first-order valence-electron chi connectivity index (χ1n) is 45.3. The summed E-state index contributed by atoms with van der Waals surface area (Å²) in [6, 6.07) is 60.5. The first-order chi connectivity index (χ1) is 64.6. The average Bonchev–Trinajstić information content (AvgIpc) is 1.68. The Labute approximate surface area is 777 Å². The molecule has 690 valence electrons. The van der Waals surface area contributed by atoms with Gasteiger partial charge in [-0.25, -0.2) is 0 Å². The fourth-order valence-electron chi connectivity index (χ4n) is 18.5. The quantitative estimate of drug-likeness (QED) is 0.0264. The van der Waals surface area contributed by atoms with E-state index in [0.717, 1.165) is 126 Å². The van der Waals surface area contributed by atoms with Crippen molar-refractivity contribution in [2.75, 3.05) is 28.4 Å². The van der Waals surface area contributed by atoms with Gasteiger partial charge in [-0.15, -0.1) is 0 Å². The van der Waals surface area contributed by atoms with E-state index in [2.05, 4.69) is 153 Å². The third-order valence-electron chi connectivity index (χ3n) is 25.5. The lowest BCUT2D eigenvalue weighted by Gasteiger charge is -2.18. The summed E-state index contributed by atoms with van der Waals surface area (Å²) in [4.78, 5) is 123. The van der Waals surface area contributed by atoms with Crippen LogP contribution >= 0.6 is 0 Å². The first kappa shape index (κ1) is 94.8. The minimum Gasteiger partial charge on any atom is -0.496 e. The van der Waals surface area contributed by atoms with E-state index in [-0.39, 0.29) is 90.2 Å². The molecule has 0 spiro atoms. The standard InChI is InChI=1S/C28H29N3O3.C28H31N3O3.C27H30N4O3.C25H26N4O3/c1-17-14-25(34-3)23(27(32)30-17)16-29-28(33)26-18(2)31(24-11-7-6-10-22(24)26)21-13-12-19-8-4-5-9-20(19)15-21;1-6-18(3)31-19(4)26(22-13-12-21(15-24(22)31)20-10-8-7-9-11-20)28(33)29-16-23-25(34-5)14-17(2)30-27(23)32;1-6-17(3)31-18(4)25(21-10-9-19(13-23(21)31)20-8-7-11-28-14-20)27(33)29-15-22-24(34-5)12-16(2)30-26(22)32;1-15-13-22(32-4)20(24(30)28-15)14-27-25(31)23-17(3)29(21-8-6-5-7-19(21)23)16(2)18-9-11-26-12-10-18/h6-7,10-15H,4-5,8-9,16H2,1-3H3,(H,29,33)(H,30,32);7-15,18H,6,16H2,1-5H3,(H,29,33)(H,30,32);7-14,17H,6,15H2,1-5H3,(H,29,33)(H,30,32);5-13,16H,14H2,1-4H3,(H,27,31)(H,28,30). The van der Waals surface area contributed by atoms with Crippen LogP contribution in [0.4, 0.5) is 0 Å². The maximum absolute atomic E-state index is 13.4. The van der Waals surface area contributed by atoms with Crippen molar-refractivity contribution in [2.45, 2.75) is 173 Å². The highest BCUT2D eigenvalue weighted by Gasteiger charge is 2.30. The Morgan fingerprint density at radius 3 is 1.16 bits per heavy atom. The molecular weight excluding hydrogens is 1690 g/mol. The highest BCUT2D eigenvalue weighted by atomic mass is 16.5. The van der Waals surface area contributed by atoms with Crippen LogP contribution in [0, 0.1) is 55.4 Å². The van der Waals surface area contributed by atoms with E-state index in [1.807, 2.05) is 143 Å². The van der Waals surface area contributed by atoms with Gasteiger partial charge >= 0.3 is 0 Å². The molecule has 1 aliphatic carbocycles. The average molecular weight is 1800 g/mol. The van der Waals surface area contributed by atoms with Crippen molar-refractivity contribution in [3.8, 4) is 50.9 Å². The molecule has 1 aliphatic rings. The number of carbonyl (C=O) groups is 4. The minimum atomic E-state index is -0.271. The minimum absolute atomic E-state index is 0.0180. The van der Waals surface area contributed by atoms with Crippen LogP contribution in [0.2, 0.25) is 0 Å². The predicted molar refractivity (Wildman–Crippen MR) is 529 cm³/mol. The SMILES string of the molecule is CCC(C)n1c(C)c(C(=O)NCc2c(OC)cc(C)[nH]c2=O)c2ccc(-c3ccccc3)cc21.CCC(C)n1c(C)c(C(=O)NCc2c(OC)cc(C)[nH]c2=O)c2ccc(-c3cccnc3)cc21.COc1cc(C)[nH]c(=O)c1CNC(=O)c1c(C)n(-c2ccc3c(c2)CCCC3)c2ccccc12.COc1cc(C)[nH]c(=O)c1CNC(=O)c1c(C)n(C(C)c2ccncc2)c2ccccc12. The molecule has 17 rings (SSSR count). The molecule has 26 heteroatoms. The summed E-state index contributed by atoms with van der Waals surface area (Å²) in [5.74, 6) is 0.967. The van der Waals surface area contributed by atoms with Crippen LogP contribution < -0.4 is 62.5 Å². The lowest BCUT2D eigenvalue weighted by atomic mass is 9.91. The number of amides is 4. The second-order valence-electron chi connectivity index (χ2n) is 34.1. The number of benzene rings is 6. The van der Waals surface area contributed by atoms with Crippen molar-refractivity contribution in [2.24, 2.45) is 0 Å². The van der Waals surface area contributed by atoms with Crippen LogP contribution in [0.15, 0.2) is 226 Å². The topological polar surface area (TPSA) is 330 Å². The van der Waals surface area contributed by atoms with Crippen molar-refractivity contribution in [1.82, 2.24) is 69.4 Å². The number of nitrogens with one attached hydrogen (secondary N) is 8. The number of methoxy groups -OCH3 is 4. The number of aryl methyl sites for hydroxylation is 6. The number of ether oxygens (including phenoxy) is 4. The van der Waals surface area contributed by atoms with Gasteiger partial charge in [-0.2, -0.15) is 0 Å². The third-order valence-corrected chi connectivity index (χ3v) is 25.5.